The zero-order valence-electron chi connectivity index (χ0n) is 13.7. The topological polar surface area (TPSA) is 56.8 Å². The quantitative estimate of drug-likeness (QED) is 0.886. The van der Waals surface area contributed by atoms with Crippen LogP contribution in [0, 0.1) is 0 Å². The van der Waals surface area contributed by atoms with Gasteiger partial charge in [0.25, 0.3) is 0 Å². The molecule has 2 aromatic carbocycles. The van der Waals surface area contributed by atoms with Gasteiger partial charge in [-0.1, -0.05) is 31.2 Å². The van der Waals surface area contributed by atoms with Crippen LogP contribution in [-0.2, 0) is 4.79 Å². The number of carbonyl (C=O) groups excluding carboxylic acids is 1. The number of carbonyl (C=O) groups is 1. The van der Waals surface area contributed by atoms with E-state index in [0.717, 1.165) is 17.1 Å². The van der Waals surface area contributed by atoms with Crippen molar-refractivity contribution in [1.29, 1.82) is 0 Å². The molecular weight excluding hydrogens is 306 g/mol. The van der Waals surface area contributed by atoms with Crippen molar-refractivity contribution >= 4 is 5.91 Å². The molecule has 3 rings (SSSR count). The third-order valence-corrected chi connectivity index (χ3v) is 3.78. The van der Waals surface area contributed by atoms with Crippen LogP contribution in [0.2, 0.25) is 0 Å². The highest BCUT2D eigenvalue weighted by Gasteiger charge is 2.19. The Morgan fingerprint density at radius 2 is 1.88 bits per heavy atom. The van der Waals surface area contributed by atoms with Crippen LogP contribution in [0.1, 0.15) is 24.9 Å². The molecule has 0 aromatic heterocycles. The van der Waals surface area contributed by atoms with Gasteiger partial charge in [0.05, 0.1) is 6.04 Å². The lowest BCUT2D eigenvalue weighted by molar-refractivity contribution is -0.121. The summed E-state index contributed by atoms with van der Waals surface area (Å²) in [6.45, 7) is 3.26. The lowest BCUT2D eigenvalue weighted by atomic mass is 10.1. The molecular formula is C19H21NO4. The number of benzene rings is 2. The molecule has 1 heterocycles. The maximum Gasteiger partial charge on any atom is 0.220 e. The fourth-order valence-electron chi connectivity index (χ4n) is 2.49. The van der Waals surface area contributed by atoms with E-state index >= 15 is 0 Å². The summed E-state index contributed by atoms with van der Waals surface area (Å²) in [4.78, 5) is 11.9. The van der Waals surface area contributed by atoms with E-state index in [1.165, 1.54) is 0 Å². The number of hydrogen-bond acceptors (Lipinski definition) is 4. The number of amides is 1. The molecule has 24 heavy (non-hydrogen) atoms. The molecule has 1 N–H and O–H groups in total. The Bertz CT molecular complexity index is 687. The van der Waals surface area contributed by atoms with E-state index in [-0.39, 0.29) is 11.9 Å². The van der Waals surface area contributed by atoms with Crippen LogP contribution >= 0.6 is 0 Å². The van der Waals surface area contributed by atoms with Gasteiger partial charge in [-0.15, -0.1) is 0 Å². The maximum absolute atomic E-state index is 11.9. The van der Waals surface area contributed by atoms with Crippen LogP contribution in [0.5, 0.6) is 17.2 Å². The average Bonchev–Trinajstić information content (AvgIpc) is 2.65. The van der Waals surface area contributed by atoms with Gasteiger partial charge in [-0.2, -0.15) is 0 Å². The van der Waals surface area contributed by atoms with Crippen LogP contribution in [0.15, 0.2) is 48.5 Å². The summed E-state index contributed by atoms with van der Waals surface area (Å²) < 4.78 is 17.0. The number of fused-ring (bicyclic) bond motifs is 1. The molecule has 1 atom stereocenters. The standard InChI is InChI=1S/C19H21NO4/c1-2-19(21)20-16(13-24-15-6-4-3-5-7-15)14-8-9-17-18(12-14)23-11-10-22-17/h3-9,12,16H,2,10-11,13H2,1H3,(H,20,21). The normalized spacial score (nSPS) is 13.9. The summed E-state index contributed by atoms with van der Waals surface area (Å²) >= 11 is 0. The second kappa shape index (κ2) is 7.73. The van der Waals surface area contributed by atoms with Crippen molar-refractivity contribution in [1.82, 2.24) is 5.32 Å². The minimum Gasteiger partial charge on any atom is -0.491 e. The molecule has 0 fully saturated rings. The van der Waals surface area contributed by atoms with Crippen LogP contribution in [0.25, 0.3) is 0 Å². The summed E-state index contributed by atoms with van der Waals surface area (Å²) in [5, 5.41) is 3.00. The fourth-order valence-corrected chi connectivity index (χ4v) is 2.49. The molecule has 0 saturated carbocycles. The van der Waals surface area contributed by atoms with Gasteiger partial charge in [0.15, 0.2) is 11.5 Å². The van der Waals surface area contributed by atoms with Gasteiger partial charge >= 0.3 is 0 Å². The van der Waals surface area contributed by atoms with E-state index in [1.807, 2.05) is 55.5 Å². The van der Waals surface area contributed by atoms with Crippen LogP contribution in [0.4, 0.5) is 0 Å². The molecule has 1 unspecified atom stereocenters. The van der Waals surface area contributed by atoms with Gasteiger partial charge in [-0.3, -0.25) is 4.79 Å². The molecule has 1 aliphatic heterocycles. The van der Waals surface area contributed by atoms with Gasteiger partial charge in [-0.05, 0) is 29.8 Å². The molecule has 0 spiro atoms. The van der Waals surface area contributed by atoms with Crippen molar-refractivity contribution in [3.63, 3.8) is 0 Å². The summed E-state index contributed by atoms with van der Waals surface area (Å²) in [5.74, 6) is 2.18. The highest BCUT2D eigenvalue weighted by Crippen LogP contribution is 2.32. The highest BCUT2D eigenvalue weighted by molar-refractivity contribution is 5.76. The molecule has 2 aromatic rings. The zero-order chi connectivity index (χ0) is 16.8. The Labute approximate surface area is 141 Å². The van der Waals surface area contributed by atoms with E-state index in [9.17, 15) is 4.79 Å². The van der Waals surface area contributed by atoms with Crippen molar-refractivity contribution in [2.45, 2.75) is 19.4 Å². The Balaban J connectivity index is 1.77. The Hall–Kier alpha value is -2.69. The first-order valence-electron chi connectivity index (χ1n) is 8.13. The third kappa shape index (κ3) is 3.98. The van der Waals surface area contributed by atoms with Crippen molar-refractivity contribution in [2.24, 2.45) is 0 Å². The van der Waals surface area contributed by atoms with Gasteiger partial charge in [0, 0.05) is 6.42 Å². The van der Waals surface area contributed by atoms with E-state index in [2.05, 4.69) is 5.32 Å². The van der Waals surface area contributed by atoms with Gasteiger partial charge < -0.3 is 19.5 Å². The minimum atomic E-state index is -0.256. The maximum atomic E-state index is 11.9. The smallest absolute Gasteiger partial charge is 0.220 e. The zero-order valence-corrected chi connectivity index (χ0v) is 13.7. The van der Waals surface area contributed by atoms with Crippen molar-refractivity contribution in [3.8, 4) is 17.2 Å². The van der Waals surface area contributed by atoms with Crippen LogP contribution in [0.3, 0.4) is 0 Å². The molecule has 1 amide bonds. The average molecular weight is 327 g/mol. The van der Waals surface area contributed by atoms with Gasteiger partial charge in [-0.25, -0.2) is 0 Å². The molecule has 5 nitrogen and oxygen atoms in total. The molecule has 0 radical (unpaired) electrons. The highest BCUT2D eigenvalue weighted by atomic mass is 16.6. The molecule has 5 heteroatoms. The number of nitrogens with one attached hydrogen (secondary N) is 1. The summed E-state index contributed by atoms with van der Waals surface area (Å²) in [6.07, 6.45) is 0.423. The van der Waals surface area contributed by atoms with Gasteiger partial charge in [0.2, 0.25) is 5.91 Å². The Morgan fingerprint density at radius 1 is 1.12 bits per heavy atom. The number of rotatable bonds is 6. The van der Waals surface area contributed by atoms with E-state index in [4.69, 9.17) is 14.2 Å². The lowest BCUT2D eigenvalue weighted by Crippen LogP contribution is -2.32. The predicted octanol–water partition coefficient (Wildman–Crippen LogP) is 3.10. The van der Waals surface area contributed by atoms with Crippen LogP contribution in [-0.4, -0.2) is 25.7 Å². The molecule has 0 saturated heterocycles. The molecule has 0 bridgehead atoms. The van der Waals surface area contributed by atoms with E-state index in [0.29, 0.717) is 32.0 Å². The molecule has 1 aliphatic rings. The molecule has 126 valence electrons. The summed E-state index contributed by atoms with van der Waals surface area (Å²) in [5.41, 5.74) is 0.928. The lowest BCUT2D eigenvalue weighted by Gasteiger charge is -2.23. The third-order valence-electron chi connectivity index (χ3n) is 3.78. The van der Waals surface area contributed by atoms with Crippen molar-refractivity contribution in [2.75, 3.05) is 19.8 Å². The minimum absolute atomic E-state index is 0.0217. The largest absolute Gasteiger partial charge is 0.491 e. The van der Waals surface area contributed by atoms with Crippen molar-refractivity contribution in [3.05, 3.63) is 54.1 Å². The van der Waals surface area contributed by atoms with E-state index < -0.39 is 0 Å². The Morgan fingerprint density at radius 3 is 2.62 bits per heavy atom. The SMILES string of the molecule is CCC(=O)NC(COc1ccccc1)c1ccc2c(c1)OCCO2. The van der Waals surface area contributed by atoms with Crippen molar-refractivity contribution < 1.29 is 19.0 Å². The Kier molecular flexibility index (Phi) is 5.21. The monoisotopic (exact) mass is 327 g/mol. The van der Waals surface area contributed by atoms with E-state index in [1.54, 1.807) is 0 Å². The number of hydrogen-bond donors (Lipinski definition) is 1. The summed E-state index contributed by atoms with van der Waals surface area (Å²) in [6, 6.07) is 15.0. The van der Waals surface area contributed by atoms with Crippen LogP contribution < -0.4 is 19.5 Å². The first-order valence-corrected chi connectivity index (χ1v) is 8.13. The first-order chi connectivity index (χ1) is 11.8. The summed E-state index contributed by atoms with van der Waals surface area (Å²) in [7, 11) is 0. The first kappa shape index (κ1) is 16.2. The second-order valence-corrected chi connectivity index (χ2v) is 5.50. The number of para-hydroxylation sites is 1. The molecule has 0 aliphatic carbocycles. The number of ether oxygens (including phenoxy) is 3. The van der Waals surface area contributed by atoms with Gasteiger partial charge in [0.1, 0.15) is 25.6 Å². The predicted molar refractivity (Wildman–Crippen MR) is 90.5 cm³/mol. The fraction of sp³-hybridized carbons (Fsp3) is 0.316. The second-order valence-electron chi connectivity index (χ2n) is 5.50.